The van der Waals surface area contributed by atoms with Crippen LogP contribution in [0.1, 0.15) is 24.4 Å². The molecule has 0 bridgehead atoms. The largest absolute Gasteiger partial charge is 0.327 e. The molecule has 0 saturated carbocycles. The van der Waals surface area contributed by atoms with Gasteiger partial charge in [-0.3, -0.25) is 4.98 Å². The molecule has 5 heteroatoms. The molecule has 0 atom stereocenters. The predicted molar refractivity (Wildman–Crippen MR) is 119 cm³/mol. The van der Waals surface area contributed by atoms with E-state index in [1.807, 2.05) is 30.7 Å². The molecular weight excluding hydrogens is 375 g/mol. The monoisotopic (exact) mass is 400 g/mol. The molecule has 152 valence electrons. The van der Waals surface area contributed by atoms with Crippen molar-refractivity contribution >= 4 is 11.0 Å². The highest BCUT2D eigenvalue weighted by Gasteiger charge is 2.21. The highest BCUT2D eigenvalue weighted by atomic mass is 19.1. The molecule has 3 heterocycles. The number of pyridine rings is 1. The molecule has 0 amide bonds. The number of hydrogen-bond acceptors (Lipinski definition) is 3. The van der Waals surface area contributed by atoms with E-state index in [1.54, 1.807) is 19.2 Å². The van der Waals surface area contributed by atoms with Gasteiger partial charge in [-0.1, -0.05) is 18.2 Å². The average Bonchev–Trinajstić information content (AvgIpc) is 3.19. The number of aryl methyl sites for hydroxylation is 1. The average molecular weight is 401 g/mol. The van der Waals surface area contributed by atoms with Crippen LogP contribution in [0.4, 0.5) is 4.39 Å². The zero-order valence-corrected chi connectivity index (χ0v) is 17.3. The van der Waals surface area contributed by atoms with Gasteiger partial charge in [0.05, 0.1) is 17.4 Å². The van der Waals surface area contributed by atoms with Crippen LogP contribution in [0.25, 0.3) is 33.3 Å². The van der Waals surface area contributed by atoms with E-state index in [0.717, 1.165) is 59.2 Å². The SMILES string of the molecule is Cc1ccc(-c2cc3ncn(C4CCN(C)CC4)c3cc2-c2cccnc2)cc1F. The summed E-state index contributed by atoms with van der Waals surface area (Å²) in [6.07, 6.45) is 7.85. The maximum Gasteiger partial charge on any atom is 0.126 e. The van der Waals surface area contributed by atoms with Gasteiger partial charge >= 0.3 is 0 Å². The van der Waals surface area contributed by atoms with E-state index in [1.165, 1.54) is 0 Å². The summed E-state index contributed by atoms with van der Waals surface area (Å²) in [5, 5.41) is 0. The summed E-state index contributed by atoms with van der Waals surface area (Å²) < 4.78 is 16.7. The van der Waals surface area contributed by atoms with Gasteiger partial charge in [0.1, 0.15) is 5.82 Å². The number of nitrogens with zero attached hydrogens (tertiary/aromatic N) is 4. The van der Waals surface area contributed by atoms with Crippen LogP contribution in [0.2, 0.25) is 0 Å². The summed E-state index contributed by atoms with van der Waals surface area (Å²) in [7, 11) is 2.18. The smallest absolute Gasteiger partial charge is 0.126 e. The van der Waals surface area contributed by atoms with E-state index in [9.17, 15) is 4.39 Å². The van der Waals surface area contributed by atoms with Gasteiger partial charge in [0.15, 0.2) is 0 Å². The van der Waals surface area contributed by atoms with Crippen LogP contribution in [-0.2, 0) is 0 Å². The first-order chi connectivity index (χ1) is 14.6. The number of halogens is 1. The Hall–Kier alpha value is -3.05. The standard InChI is InChI=1S/C25H25FN4/c1-17-5-6-18(12-23(17)26)21-13-24-25(14-22(21)19-4-3-9-27-15-19)30(16-28-24)20-7-10-29(2)11-8-20/h3-6,9,12-16,20H,7-8,10-11H2,1-2H3. The first-order valence-corrected chi connectivity index (χ1v) is 10.5. The molecule has 0 unspecified atom stereocenters. The molecule has 2 aromatic heterocycles. The number of fused-ring (bicyclic) bond motifs is 1. The maximum absolute atomic E-state index is 14.4. The molecule has 1 aliphatic rings. The fraction of sp³-hybridized carbons (Fsp3) is 0.280. The highest BCUT2D eigenvalue weighted by Crippen LogP contribution is 2.37. The minimum absolute atomic E-state index is 0.193. The fourth-order valence-electron chi connectivity index (χ4n) is 4.40. The molecule has 0 radical (unpaired) electrons. The van der Waals surface area contributed by atoms with Crippen molar-refractivity contribution in [1.29, 1.82) is 0 Å². The second-order valence-corrected chi connectivity index (χ2v) is 8.28. The van der Waals surface area contributed by atoms with Gasteiger partial charge in [-0.2, -0.15) is 0 Å². The van der Waals surface area contributed by atoms with Crippen molar-refractivity contribution in [1.82, 2.24) is 19.4 Å². The van der Waals surface area contributed by atoms with Crippen LogP contribution in [-0.4, -0.2) is 39.6 Å². The number of piperidine rings is 1. The Kier molecular flexibility index (Phi) is 4.83. The van der Waals surface area contributed by atoms with E-state index >= 15 is 0 Å². The summed E-state index contributed by atoms with van der Waals surface area (Å²) in [4.78, 5) is 11.4. The van der Waals surface area contributed by atoms with Gasteiger partial charge in [-0.05, 0) is 86.4 Å². The third-order valence-corrected chi connectivity index (χ3v) is 6.25. The summed E-state index contributed by atoms with van der Waals surface area (Å²) in [5.74, 6) is -0.193. The van der Waals surface area contributed by atoms with Crippen molar-refractivity contribution in [3.8, 4) is 22.3 Å². The Balaban J connectivity index is 1.69. The van der Waals surface area contributed by atoms with Crippen LogP contribution in [0.15, 0.2) is 61.2 Å². The van der Waals surface area contributed by atoms with Crippen LogP contribution >= 0.6 is 0 Å². The van der Waals surface area contributed by atoms with Gasteiger partial charge in [0.25, 0.3) is 0 Å². The molecule has 2 aromatic carbocycles. The Labute approximate surface area is 176 Å². The lowest BCUT2D eigenvalue weighted by Crippen LogP contribution is -2.31. The van der Waals surface area contributed by atoms with Crippen LogP contribution in [0.3, 0.4) is 0 Å². The number of imidazole rings is 1. The lowest BCUT2D eigenvalue weighted by atomic mass is 9.94. The van der Waals surface area contributed by atoms with E-state index in [-0.39, 0.29) is 5.82 Å². The molecule has 5 rings (SSSR count). The molecule has 1 fully saturated rings. The fourth-order valence-corrected chi connectivity index (χ4v) is 4.40. The first kappa shape index (κ1) is 18.9. The molecule has 1 aliphatic heterocycles. The summed E-state index contributed by atoms with van der Waals surface area (Å²) >= 11 is 0. The number of rotatable bonds is 3. The highest BCUT2D eigenvalue weighted by molar-refractivity contribution is 5.93. The topological polar surface area (TPSA) is 34.0 Å². The second kappa shape index (κ2) is 7.65. The van der Waals surface area contributed by atoms with Gasteiger partial charge < -0.3 is 9.47 Å². The maximum atomic E-state index is 14.4. The zero-order valence-electron chi connectivity index (χ0n) is 17.3. The molecule has 0 aliphatic carbocycles. The predicted octanol–water partition coefficient (Wildman–Crippen LogP) is 5.48. The second-order valence-electron chi connectivity index (χ2n) is 8.28. The van der Waals surface area contributed by atoms with Gasteiger partial charge in [0, 0.05) is 24.0 Å². The normalized spacial score (nSPS) is 15.7. The van der Waals surface area contributed by atoms with Crippen LogP contribution in [0, 0.1) is 12.7 Å². The molecule has 0 spiro atoms. The van der Waals surface area contributed by atoms with Crippen molar-refractivity contribution in [2.24, 2.45) is 0 Å². The third-order valence-electron chi connectivity index (χ3n) is 6.25. The van der Waals surface area contributed by atoms with Crippen LogP contribution in [0.5, 0.6) is 0 Å². The Morgan fingerprint density at radius 3 is 2.53 bits per heavy atom. The minimum Gasteiger partial charge on any atom is -0.327 e. The summed E-state index contributed by atoms with van der Waals surface area (Å²) in [5.41, 5.74) is 6.61. The number of hydrogen-bond donors (Lipinski definition) is 0. The minimum atomic E-state index is -0.193. The number of likely N-dealkylation sites (tertiary alicyclic amines) is 1. The van der Waals surface area contributed by atoms with E-state index in [2.05, 4.69) is 39.7 Å². The van der Waals surface area contributed by atoms with Crippen molar-refractivity contribution in [2.45, 2.75) is 25.8 Å². The van der Waals surface area contributed by atoms with Gasteiger partial charge in [0.2, 0.25) is 0 Å². The zero-order chi connectivity index (χ0) is 20.7. The molecule has 1 saturated heterocycles. The van der Waals surface area contributed by atoms with Gasteiger partial charge in [-0.15, -0.1) is 0 Å². The molecule has 4 aromatic rings. The Bertz CT molecular complexity index is 1190. The number of benzene rings is 2. The van der Waals surface area contributed by atoms with Crippen molar-refractivity contribution in [3.05, 3.63) is 72.6 Å². The molecular formula is C25H25FN4. The molecule has 0 N–H and O–H groups in total. The van der Waals surface area contributed by atoms with E-state index in [0.29, 0.717) is 11.6 Å². The van der Waals surface area contributed by atoms with Crippen molar-refractivity contribution < 1.29 is 4.39 Å². The van der Waals surface area contributed by atoms with E-state index < -0.39 is 0 Å². The van der Waals surface area contributed by atoms with E-state index in [4.69, 9.17) is 4.98 Å². The summed E-state index contributed by atoms with van der Waals surface area (Å²) in [6.45, 7) is 3.98. The molecule has 30 heavy (non-hydrogen) atoms. The lowest BCUT2D eigenvalue weighted by Gasteiger charge is -2.30. The molecule has 4 nitrogen and oxygen atoms in total. The van der Waals surface area contributed by atoms with Gasteiger partial charge in [-0.25, -0.2) is 9.37 Å². The number of aromatic nitrogens is 3. The van der Waals surface area contributed by atoms with Crippen molar-refractivity contribution in [3.63, 3.8) is 0 Å². The third kappa shape index (κ3) is 3.39. The Morgan fingerprint density at radius 2 is 1.80 bits per heavy atom. The first-order valence-electron chi connectivity index (χ1n) is 10.5. The lowest BCUT2D eigenvalue weighted by molar-refractivity contribution is 0.223. The van der Waals surface area contributed by atoms with Crippen molar-refractivity contribution in [2.75, 3.05) is 20.1 Å². The summed E-state index contributed by atoms with van der Waals surface area (Å²) in [6, 6.07) is 14.2. The van der Waals surface area contributed by atoms with Crippen LogP contribution < -0.4 is 0 Å². The Morgan fingerprint density at radius 1 is 1.00 bits per heavy atom. The quantitative estimate of drug-likeness (QED) is 0.457.